The zero-order valence-electron chi connectivity index (χ0n) is 13.6. The SMILES string of the molecule is O=C(Nc1ccc(N2CCCS2(=O)=O)c(Cl)c1)c1ccc2c(c1)OCO2. The summed E-state index contributed by atoms with van der Waals surface area (Å²) in [6.45, 7) is 0.543. The maximum Gasteiger partial charge on any atom is 0.255 e. The fourth-order valence-corrected chi connectivity index (χ4v) is 4.85. The number of anilines is 2. The number of carbonyl (C=O) groups excluding carboxylic acids is 1. The number of rotatable bonds is 3. The Morgan fingerprint density at radius 3 is 2.65 bits per heavy atom. The minimum Gasteiger partial charge on any atom is -0.454 e. The van der Waals surface area contributed by atoms with Crippen LogP contribution < -0.4 is 19.1 Å². The number of nitrogens with one attached hydrogen (secondary N) is 1. The van der Waals surface area contributed by atoms with Crippen LogP contribution in [-0.2, 0) is 10.0 Å². The molecule has 1 amide bonds. The van der Waals surface area contributed by atoms with E-state index < -0.39 is 10.0 Å². The zero-order valence-corrected chi connectivity index (χ0v) is 15.1. The number of fused-ring (bicyclic) bond motifs is 1. The molecule has 1 fully saturated rings. The highest BCUT2D eigenvalue weighted by molar-refractivity contribution is 7.93. The van der Waals surface area contributed by atoms with Crippen molar-refractivity contribution in [3.05, 3.63) is 47.0 Å². The molecule has 4 rings (SSSR count). The number of hydrogen-bond acceptors (Lipinski definition) is 5. The highest BCUT2D eigenvalue weighted by Gasteiger charge is 2.29. The Morgan fingerprint density at radius 2 is 1.92 bits per heavy atom. The quantitative estimate of drug-likeness (QED) is 0.865. The summed E-state index contributed by atoms with van der Waals surface area (Å²) in [7, 11) is -3.31. The molecule has 0 spiro atoms. The maximum atomic E-state index is 12.4. The number of halogens is 1. The minimum absolute atomic E-state index is 0.117. The van der Waals surface area contributed by atoms with E-state index in [0.29, 0.717) is 41.4 Å². The highest BCUT2D eigenvalue weighted by Crippen LogP contribution is 2.34. The number of ether oxygens (including phenoxy) is 2. The molecule has 0 aliphatic carbocycles. The van der Waals surface area contributed by atoms with Crippen LogP contribution >= 0.6 is 11.6 Å². The molecule has 2 heterocycles. The number of nitrogens with zero attached hydrogens (tertiary/aromatic N) is 1. The average Bonchev–Trinajstić information content (AvgIpc) is 3.20. The fourth-order valence-electron chi connectivity index (χ4n) is 2.94. The van der Waals surface area contributed by atoms with Crippen LogP contribution in [-0.4, -0.2) is 33.4 Å². The average molecular weight is 395 g/mol. The van der Waals surface area contributed by atoms with Crippen LogP contribution in [0.1, 0.15) is 16.8 Å². The topological polar surface area (TPSA) is 84.9 Å². The van der Waals surface area contributed by atoms with Gasteiger partial charge in [0, 0.05) is 17.8 Å². The van der Waals surface area contributed by atoms with E-state index in [1.165, 1.54) is 10.4 Å². The fraction of sp³-hybridized carbons (Fsp3) is 0.235. The summed E-state index contributed by atoms with van der Waals surface area (Å²) in [5.41, 5.74) is 1.31. The van der Waals surface area contributed by atoms with Gasteiger partial charge in [0.25, 0.3) is 5.91 Å². The van der Waals surface area contributed by atoms with E-state index in [2.05, 4.69) is 5.32 Å². The van der Waals surface area contributed by atoms with E-state index in [9.17, 15) is 13.2 Å². The van der Waals surface area contributed by atoms with Gasteiger partial charge in [0.15, 0.2) is 11.5 Å². The summed E-state index contributed by atoms with van der Waals surface area (Å²) in [4.78, 5) is 12.4. The lowest BCUT2D eigenvalue weighted by atomic mass is 10.2. The van der Waals surface area contributed by atoms with Gasteiger partial charge in [0.1, 0.15) is 0 Å². The molecule has 0 bridgehead atoms. The first-order valence-corrected chi connectivity index (χ1v) is 9.94. The predicted octanol–water partition coefficient (Wildman–Crippen LogP) is 2.86. The number of amides is 1. The van der Waals surface area contributed by atoms with Gasteiger partial charge in [-0.2, -0.15) is 0 Å². The van der Waals surface area contributed by atoms with Gasteiger partial charge in [0.2, 0.25) is 16.8 Å². The van der Waals surface area contributed by atoms with Crippen molar-refractivity contribution in [2.45, 2.75) is 6.42 Å². The van der Waals surface area contributed by atoms with Crippen molar-refractivity contribution in [1.82, 2.24) is 0 Å². The normalized spacial score (nSPS) is 17.3. The van der Waals surface area contributed by atoms with Gasteiger partial charge in [-0.3, -0.25) is 9.10 Å². The molecular weight excluding hydrogens is 380 g/mol. The smallest absolute Gasteiger partial charge is 0.255 e. The zero-order chi connectivity index (χ0) is 18.3. The summed E-state index contributed by atoms with van der Waals surface area (Å²) < 4.78 is 35.9. The Morgan fingerprint density at radius 1 is 1.12 bits per heavy atom. The lowest BCUT2D eigenvalue weighted by molar-refractivity contribution is 0.102. The summed E-state index contributed by atoms with van der Waals surface area (Å²) in [5, 5.41) is 3.00. The highest BCUT2D eigenvalue weighted by atomic mass is 35.5. The molecule has 0 atom stereocenters. The third kappa shape index (κ3) is 3.06. The van der Waals surface area contributed by atoms with Crippen molar-refractivity contribution >= 4 is 38.9 Å². The van der Waals surface area contributed by atoms with Gasteiger partial charge in [-0.05, 0) is 42.8 Å². The van der Waals surface area contributed by atoms with Gasteiger partial charge < -0.3 is 14.8 Å². The van der Waals surface area contributed by atoms with Crippen LogP contribution in [0.2, 0.25) is 5.02 Å². The summed E-state index contributed by atoms with van der Waals surface area (Å²) in [5.74, 6) is 0.901. The van der Waals surface area contributed by atoms with Gasteiger partial charge in [-0.15, -0.1) is 0 Å². The lowest BCUT2D eigenvalue weighted by Crippen LogP contribution is -2.25. The molecule has 1 N–H and O–H groups in total. The largest absolute Gasteiger partial charge is 0.454 e. The Balaban J connectivity index is 1.54. The van der Waals surface area contributed by atoms with E-state index in [1.54, 1.807) is 30.3 Å². The predicted molar refractivity (Wildman–Crippen MR) is 97.7 cm³/mol. The molecule has 2 aliphatic rings. The molecular formula is C17H15ClN2O5S. The van der Waals surface area contributed by atoms with E-state index in [0.717, 1.165) is 0 Å². The van der Waals surface area contributed by atoms with Crippen molar-refractivity contribution in [2.75, 3.05) is 28.7 Å². The molecule has 0 saturated carbocycles. The second kappa shape index (κ2) is 6.37. The standard InChI is InChI=1S/C17H15ClN2O5S/c18-13-9-12(3-4-14(13)20-6-1-7-26(20,22)23)19-17(21)11-2-5-15-16(8-11)25-10-24-15/h2-5,8-9H,1,6-7,10H2,(H,19,21). The Bertz CT molecular complexity index is 993. The number of carbonyl (C=O) groups is 1. The molecule has 1 saturated heterocycles. The van der Waals surface area contributed by atoms with Gasteiger partial charge in [-0.25, -0.2) is 8.42 Å². The van der Waals surface area contributed by atoms with Crippen LogP contribution in [0, 0.1) is 0 Å². The molecule has 0 unspecified atom stereocenters. The second-order valence-electron chi connectivity index (χ2n) is 5.93. The van der Waals surface area contributed by atoms with Gasteiger partial charge >= 0.3 is 0 Å². The molecule has 136 valence electrons. The lowest BCUT2D eigenvalue weighted by Gasteiger charge is -2.19. The number of benzene rings is 2. The van der Waals surface area contributed by atoms with Crippen LogP contribution in [0.4, 0.5) is 11.4 Å². The van der Waals surface area contributed by atoms with Crippen molar-refractivity contribution in [3.8, 4) is 11.5 Å². The third-order valence-corrected chi connectivity index (χ3v) is 6.37. The molecule has 9 heteroatoms. The monoisotopic (exact) mass is 394 g/mol. The Labute approximate surface area is 155 Å². The van der Waals surface area contributed by atoms with Gasteiger partial charge in [-0.1, -0.05) is 11.6 Å². The van der Waals surface area contributed by atoms with E-state index in [-0.39, 0.29) is 23.5 Å². The van der Waals surface area contributed by atoms with Gasteiger partial charge in [0.05, 0.1) is 16.5 Å². The molecule has 2 aromatic carbocycles. The Hall–Kier alpha value is -2.45. The van der Waals surface area contributed by atoms with E-state index in [4.69, 9.17) is 21.1 Å². The van der Waals surface area contributed by atoms with Crippen molar-refractivity contribution in [1.29, 1.82) is 0 Å². The second-order valence-corrected chi connectivity index (χ2v) is 8.35. The Kier molecular flexibility index (Phi) is 4.16. The van der Waals surface area contributed by atoms with Crippen LogP contribution in [0.5, 0.6) is 11.5 Å². The first kappa shape index (κ1) is 17.0. The molecule has 26 heavy (non-hydrogen) atoms. The summed E-state index contributed by atoms with van der Waals surface area (Å²) in [6.07, 6.45) is 0.571. The molecule has 2 aromatic rings. The van der Waals surface area contributed by atoms with E-state index >= 15 is 0 Å². The molecule has 2 aliphatic heterocycles. The van der Waals surface area contributed by atoms with Crippen LogP contribution in [0.25, 0.3) is 0 Å². The first-order chi connectivity index (χ1) is 12.4. The van der Waals surface area contributed by atoms with E-state index in [1.807, 2.05) is 0 Å². The number of sulfonamides is 1. The molecule has 7 nitrogen and oxygen atoms in total. The number of hydrogen-bond donors (Lipinski definition) is 1. The van der Waals surface area contributed by atoms with Crippen molar-refractivity contribution in [2.24, 2.45) is 0 Å². The minimum atomic E-state index is -3.31. The summed E-state index contributed by atoms with van der Waals surface area (Å²) >= 11 is 6.25. The maximum absolute atomic E-state index is 12.4. The third-order valence-electron chi connectivity index (χ3n) is 4.21. The van der Waals surface area contributed by atoms with Crippen molar-refractivity contribution in [3.63, 3.8) is 0 Å². The summed E-state index contributed by atoms with van der Waals surface area (Å²) in [6, 6.07) is 9.67. The van der Waals surface area contributed by atoms with Crippen LogP contribution in [0.15, 0.2) is 36.4 Å². The molecule has 0 aromatic heterocycles. The molecule has 0 radical (unpaired) electrons. The van der Waals surface area contributed by atoms with Crippen molar-refractivity contribution < 1.29 is 22.7 Å². The first-order valence-electron chi connectivity index (χ1n) is 7.95. The van der Waals surface area contributed by atoms with Crippen LogP contribution in [0.3, 0.4) is 0 Å².